The molecule has 21 heavy (non-hydrogen) atoms. The Bertz CT molecular complexity index is 928. The first kappa shape index (κ1) is 13.8. The minimum Gasteiger partial charge on any atom is -0.206 e. The summed E-state index contributed by atoms with van der Waals surface area (Å²) >= 11 is 0. The van der Waals surface area contributed by atoms with E-state index in [9.17, 15) is 12.8 Å². The van der Waals surface area contributed by atoms with Crippen LogP contribution >= 0.6 is 0 Å². The van der Waals surface area contributed by atoms with E-state index in [1.165, 1.54) is 18.3 Å². The molecular formula is C15H13FN2O2S. The third-order valence-corrected chi connectivity index (χ3v) is 5.01. The van der Waals surface area contributed by atoms with Crippen LogP contribution in [0.3, 0.4) is 0 Å². The minimum absolute atomic E-state index is 0.124. The van der Waals surface area contributed by atoms with E-state index in [-0.39, 0.29) is 15.8 Å². The molecule has 1 heterocycles. The van der Waals surface area contributed by atoms with E-state index in [0.29, 0.717) is 5.56 Å². The zero-order valence-electron chi connectivity index (χ0n) is 11.5. The lowest BCUT2D eigenvalue weighted by Gasteiger charge is -2.06. The van der Waals surface area contributed by atoms with E-state index in [4.69, 9.17) is 0 Å². The van der Waals surface area contributed by atoms with Gasteiger partial charge in [0.25, 0.3) is 10.0 Å². The molecule has 0 saturated carbocycles. The zero-order valence-corrected chi connectivity index (χ0v) is 12.4. The maximum Gasteiger partial charge on any atom is 0.283 e. The second-order valence-electron chi connectivity index (χ2n) is 4.93. The first-order valence-electron chi connectivity index (χ1n) is 6.36. The number of aryl methyl sites for hydroxylation is 2. The van der Waals surface area contributed by atoms with E-state index in [1.54, 1.807) is 31.2 Å². The predicted octanol–water partition coefficient (Wildman–Crippen LogP) is 3.03. The Hall–Kier alpha value is -2.21. The van der Waals surface area contributed by atoms with Crippen molar-refractivity contribution < 1.29 is 12.8 Å². The largest absolute Gasteiger partial charge is 0.283 e. The van der Waals surface area contributed by atoms with Crippen molar-refractivity contribution in [1.82, 2.24) is 9.19 Å². The number of hydrogen-bond acceptors (Lipinski definition) is 3. The molecule has 0 saturated heterocycles. The molecule has 3 rings (SSSR count). The molecule has 0 radical (unpaired) electrons. The molecule has 0 spiro atoms. The third kappa shape index (κ3) is 2.12. The number of fused-ring (bicyclic) bond motifs is 1. The van der Waals surface area contributed by atoms with Crippen LogP contribution in [0.15, 0.2) is 47.5 Å². The van der Waals surface area contributed by atoms with Crippen molar-refractivity contribution in [3.05, 3.63) is 59.5 Å². The fourth-order valence-corrected chi connectivity index (χ4v) is 3.42. The smallest absolute Gasteiger partial charge is 0.206 e. The standard InChI is InChI=1S/C15H13FN2O2S/c1-10-3-6-12(7-4-10)21(19,20)18-14-8-5-11(2)15(16)13(14)9-17-18/h3-9H,1-2H3. The van der Waals surface area contributed by atoms with Crippen molar-refractivity contribution in [3.63, 3.8) is 0 Å². The van der Waals surface area contributed by atoms with Gasteiger partial charge in [-0.25, -0.2) is 4.39 Å². The van der Waals surface area contributed by atoms with Crippen LogP contribution in [0.25, 0.3) is 10.9 Å². The minimum atomic E-state index is -3.83. The highest BCUT2D eigenvalue weighted by Crippen LogP contribution is 2.24. The molecule has 2 aromatic carbocycles. The molecule has 0 atom stereocenters. The summed E-state index contributed by atoms with van der Waals surface area (Å²) in [7, 11) is -3.83. The van der Waals surface area contributed by atoms with Gasteiger partial charge in [0.15, 0.2) is 0 Å². The van der Waals surface area contributed by atoms with Gasteiger partial charge in [-0.1, -0.05) is 23.8 Å². The van der Waals surface area contributed by atoms with Crippen molar-refractivity contribution in [2.45, 2.75) is 18.7 Å². The Morgan fingerprint density at radius 2 is 1.71 bits per heavy atom. The second kappa shape index (κ2) is 4.66. The van der Waals surface area contributed by atoms with Gasteiger partial charge < -0.3 is 0 Å². The highest BCUT2D eigenvalue weighted by molar-refractivity contribution is 7.90. The number of aromatic nitrogens is 2. The van der Waals surface area contributed by atoms with Crippen LogP contribution in [-0.4, -0.2) is 17.6 Å². The van der Waals surface area contributed by atoms with Gasteiger partial charge in [-0.2, -0.15) is 17.6 Å². The summed E-state index contributed by atoms with van der Waals surface area (Å²) in [6.07, 6.45) is 1.24. The van der Waals surface area contributed by atoms with Crippen LogP contribution in [0, 0.1) is 19.7 Å². The number of rotatable bonds is 2. The molecule has 0 aliphatic rings. The molecule has 0 aliphatic carbocycles. The van der Waals surface area contributed by atoms with Gasteiger partial charge in [0.05, 0.1) is 22.0 Å². The third-order valence-electron chi connectivity index (χ3n) is 3.39. The molecule has 0 bridgehead atoms. The molecule has 0 unspecified atom stereocenters. The number of hydrogen-bond donors (Lipinski definition) is 0. The first-order chi connectivity index (χ1) is 9.91. The Labute approximate surface area is 121 Å². The summed E-state index contributed by atoms with van der Waals surface area (Å²) in [5, 5.41) is 4.06. The summed E-state index contributed by atoms with van der Waals surface area (Å²) in [5.74, 6) is -0.446. The predicted molar refractivity (Wildman–Crippen MR) is 78.2 cm³/mol. The SMILES string of the molecule is Cc1ccc(S(=O)(=O)n2ncc3c(F)c(C)ccc32)cc1. The molecule has 108 valence electrons. The van der Waals surface area contributed by atoms with Crippen LogP contribution in [0.2, 0.25) is 0 Å². The summed E-state index contributed by atoms with van der Waals surface area (Å²) < 4.78 is 40.1. The Balaban J connectivity index is 2.25. The maximum absolute atomic E-state index is 14.0. The van der Waals surface area contributed by atoms with Crippen molar-refractivity contribution >= 4 is 20.9 Å². The Morgan fingerprint density at radius 1 is 1.05 bits per heavy atom. The lowest BCUT2D eigenvalue weighted by molar-refractivity contribution is 0.582. The monoisotopic (exact) mass is 304 g/mol. The molecule has 0 amide bonds. The Kier molecular flexibility index (Phi) is 3.06. The van der Waals surface area contributed by atoms with Crippen LogP contribution in [0.4, 0.5) is 4.39 Å². The van der Waals surface area contributed by atoms with E-state index in [0.717, 1.165) is 9.65 Å². The molecule has 0 N–H and O–H groups in total. The topological polar surface area (TPSA) is 52.0 Å². The Morgan fingerprint density at radius 3 is 2.38 bits per heavy atom. The van der Waals surface area contributed by atoms with E-state index in [1.807, 2.05) is 6.92 Å². The normalized spacial score (nSPS) is 12.0. The van der Waals surface area contributed by atoms with Gasteiger partial charge in [0.1, 0.15) is 5.82 Å². The number of halogens is 1. The number of benzene rings is 2. The lowest BCUT2D eigenvalue weighted by atomic mass is 10.2. The lowest BCUT2D eigenvalue weighted by Crippen LogP contribution is -2.14. The van der Waals surface area contributed by atoms with Crippen LogP contribution in [0.1, 0.15) is 11.1 Å². The van der Waals surface area contributed by atoms with Crippen molar-refractivity contribution in [2.24, 2.45) is 0 Å². The van der Waals surface area contributed by atoms with Gasteiger partial charge in [-0.05, 0) is 37.6 Å². The molecule has 1 aromatic heterocycles. The summed E-state index contributed by atoms with van der Waals surface area (Å²) in [4.78, 5) is 0.124. The van der Waals surface area contributed by atoms with Gasteiger partial charge >= 0.3 is 0 Å². The summed E-state index contributed by atoms with van der Waals surface area (Å²) in [5.41, 5.74) is 1.65. The fraction of sp³-hybridized carbons (Fsp3) is 0.133. The van der Waals surface area contributed by atoms with Gasteiger partial charge in [0.2, 0.25) is 0 Å². The van der Waals surface area contributed by atoms with Gasteiger partial charge in [-0.3, -0.25) is 0 Å². The molecule has 6 heteroatoms. The fourth-order valence-electron chi connectivity index (χ4n) is 2.16. The second-order valence-corrected chi connectivity index (χ2v) is 6.70. The van der Waals surface area contributed by atoms with E-state index in [2.05, 4.69) is 5.10 Å². The average molecular weight is 304 g/mol. The molecule has 0 fully saturated rings. The average Bonchev–Trinajstić information content (AvgIpc) is 2.89. The highest BCUT2D eigenvalue weighted by atomic mass is 32.2. The first-order valence-corrected chi connectivity index (χ1v) is 7.80. The van der Waals surface area contributed by atoms with Crippen molar-refractivity contribution in [2.75, 3.05) is 0 Å². The molecule has 3 aromatic rings. The van der Waals surface area contributed by atoms with Gasteiger partial charge in [0, 0.05) is 0 Å². The summed E-state index contributed by atoms with van der Waals surface area (Å²) in [6, 6.07) is 9.56. The summed E-state index contributed by atoms with van der Waals surface area (Å²) in [6.45, 7) is 3.50. The quantitative estimate of drug-likeness (QED) is 0.731. The van der Waals surface area contributed by atoms with Crippen molar-refractivity contribution in [1.29, 1.82) is 0 Å². The maximum atomic E-state index is 14.0. The molecular weight excluding hydrogens is 291 g/mol. The van der Waals surface area contributed by atoms with Crippen molar-refractivity contribution in [3.8, 4) is 0 Å². The molecule has 0 aliphatic heterocycles. The van der Waals surface area contributed by atoms with Crippen LogP contribution < -0.4 is 0 Å². The zero-order chi connectivity index (χ0) is 15.2. The molecule has 4 nitrogen and oxygen atoms in total. The number of nitrogens with zero attached hydrogens (tertiary/aromatic N) is 2. The van der Waals surface area contributed by atoms with Gasteiger partial charge in [-0.15, -0.1) is 0 Å². The highest BCUT2D eigenvalue weighted by Gasteiger charge is 2.21. The van der Waals surface area contributed by atoms with Crippen LogP contribution in [0.5, 0.6) is 0 Å². The van der Waals surface area contributed by atoms with E-state index < -0.39 is 15.8 Å². The van der Waals surface area contributed by atoms with Crippen LogP contribution in [-0.2, 0) is 10.0 Å². The van der Waals surface area contributed by atoms with E-state index >= 15 is 0 Å².